The smallest absolute Gasteiger partial charge is 0.231 e. The van der Waals surface area contributed by atoms with Gasteiger partial charge in [0, 0.05) is 11.6 Å². The number of nitrogen functional groups attached to an aromatic ring is 1. The molecule has 0 amide bonds. The second kappa shape index (κ2) is 3.66. The molecule has 0 unspecified atom stereocenters. The Bertz CT molecular complexity index is 595. The monoisotopic (exact) mass is 296 g/mol. The van der Waals surface area contributed by atoms with Crippen LogP contribution in [0.3, 0.4) is 0 Å². The molecule has 0 bridgehead atoms. The standard InChI is InChI=1S/C11H9BrN2O3/c1-5-6(7-3-9(13)17-14-7)2-8-11(10(5)12)16-4-15-8/h2-3H,4,13H2,1H3. The molecule has 1 aromatic carbocycles. The van der Waals surface area contributed by atoms with Gasteiger partial charge in [-0.15, -0.1) is 0 Å². The highest BCUT2D eigenvalue weighted by atomic mass is 79.9. The lowest BCUT2D eigenvalue weighted by molar-refractivity contribution is 0.173. The van der Waals surface area contributed by atoms with Crippen LogP contribution in [0, 0.1) is 6.92 Å². The zero-order chi connectivity index (χ0) is 12.0. The Balaban J connectivity index is 2.21. The molecule has 2 aromatic rings. The quantitative estimate of drug-likeness (QED) is 0.876. The molecule has 0 atom stereocenters. The minimum atomic E-state index is 0.234. The SMILES string of the molecule is Cc1c(-c2cc(N)on2)cc2c(c1Br)OCO2. The number of fused-ring (bicyclic) bond motifs is 1. The Kier molecular flexibility index (Phi) is 2.25. The summed E-state index contributed by atoms with van der Waals surface area (Å²) < 4.78 is 16.5. The van der Waals surface area contributed by atoms with Crippen molar-refractivity contribution in [2.45, 2.75) is 6.92 Å². The van der Waals surface area contributed by atoms with Crippen LogP contribution in [-0.4, -0.2) is 11.9 Å². The number of hydrogen-bond acceptors (Lipinski definition) is 5. The van der Waals surface area contributed by atoms with Gasteiger partial charge in [-0.3, -0.25) is 0 Å². The van der Waals surface area contributed by atoms with Crippen molar-refractivity contribution in [1.29, 1.82) is 0 Å². The molecule has 1 aliphatic heterocycles. The Morgan fingerprint density at radius 2 is 2.18 bits per heavy atom. The van der Waals surface area contributed by atoms with Crippen molar-refractivity contribution in [3.8, 4) is 22.8 Å². The Labute approximate surface area is 106 Å². The van der Waals surface area contributed by atoms with E-state index in [1.807, 2.05) is 13.0 Å². The van der Waals surface area contributed by atoms with Crippen molar-refractivity contribution in [2.24, 2.45) is 0 Å². The zero-order valence-electron chi connectivity index (χ0n) is 8.99. The van der Waals surface area contributed by atoms with E-state index in [9.17, 15) is 0 Å². The summed E-state index contributed by atoms with van der Waals surface area (Å²) in [5.74, 6) is 1.70. The highest BCUT2D eigenvalue weighted by Gasteiger charge is 2.22. The summed E-state index contributed by atoms with van der Waals surface area (Å²) in [7, 11) is 0. The van der Waals surface area contributed by atoms with Gasteiger partial charge in [-0.2, -0.15) is 0 Å². The number of hydrogen-bond donors (Lipinski definition) is 1. The van der Waals surface area contributed by atoms with Gasteiger partial charge in [0.15, 0.2) is 11.5 Å². The molecule has 1 aliphatic rings. The first kappa shape index (κ1) is 10.5. The zero-order valence-corrected chi connectivity index (χ0v) is 10.6. The minimum absolute atomic E-state index is 0.234. The predicted molar refractivity (Wildman–Crippen MR) is 64.9 cm³/mol. The van der Waals surface area contributed by atoms with E-state index in [2.05, 4.69) is 21.1 Å². The molecule has 0 aliphatic carbocycles. The third kappa shape index (κ3) is 1.56. The third-order valence-corrected chi connectivity index (χ3v) is 3.61. The summed E-state index contributed by atoms with van der Waals surface area (Å²) in [4.78, 5) is 0. The number of rotatable bonds is 1. The lowest BCUT2D eigenvalue weighted by Crippen LogP contribution is -1.93. The number of nitrogens with two attached hydrogens (primary N) is 1. The Morgan fingerprint density at radius 1 is 1.35 bits per heavy atom. The van der Waals surface area contributed by atoms with E-state index in [0.717, 1.165) is 21.3 Å². The molecule has 0 saturated heterocycles. The summed E-state index contributed by atoms with van der Waals surface area (Å²) in [5.41, 5.74) is 8.11. The molecule has 0 saturated carbocycles. The number of nitrogens with zero attached hydrogens (tertiary/aromatic N) is 1. The number of halogens is 1. The average Bonchev–Trinajstić information content (AvgIpc) is 2.91. The van der Waals surface area contributed by atoms with Crippen molar-refractivity contribution in [2.75, 3.05) is 12.5 Å². The van der Waals surface area contributed by atoms with Crippen LogP contribution in [0.2, 0.25) is 0 Å². The van der Waals surface area contributed by atoms with E-state index in [-0.39, 0.29) is 12.7 Å². The summed E-state index contributed by atoms with van der Waals surface area (Å²) in [6.45, 7) is 2.20. The summed E-state index contributed by atoms with van der Waals surface area (Å²) in [5, 5.41) is 3.90. The molecule has 0 fully saturated rings. The van der Waals surface area contributed by atoms with Gasteiger partial charge in [0.25, 0.3) is 0 Å². The largest absolute Gasteiger partial charge is 0.454 e. The van der Waals surface area contributed by atoms with Gasteiger partial charge in [-0.25, -0.2) is 0 Å². The topological polar surface area (TPSA) is 70.5 Å². The van der Waals surface area contributed by atoms with Crippen LogP contribution < -0.4 is 15.2 Å². The highest BCUT2D eigenvalue weighted by molar-refractivity contribution is 9.10. The van der Waals surface area contributed by atoms with Crippen LogP contribution in [0.1, 0.15) is 5.56 Å². The molecule has 88 valence electrons. The molecular weight excluding hydrogens is 288 g/mol. The van der Waals surface area contributed by atoms with Crippen molar-refractivity contribution in [3.63, 3.8) is 0 Å². The Hall–Kier alpha value is -1.69. The molecule has 3 rings (SSSR count). The summed E-state index contributed by atoms with van der Waals surface area (Å²) >= 11 is 3.49. The fourth-order valence-corrected chi connectivity index (χ4v) is 2.30. The van der Waals surface area contributed by atoms with Gasteiger partial charge in [0.05, 0.1) is 4.47 Å². The van der Waals surface area contributed by atoms with E-state index < -0.39 is 0 Å². The maximum absolute atomic E-state index is 5.52. The number of aromatic nitrogens is 1. The molecule has 1 aromatic heterocycles. The van der Waals surface area contributed by atoms with Crippen molar-refractivity contribution in [1.82, 2.24) is 5.16 Å². The number of anilines is 1. The van der Waals surface area contributed by atoms with Crippen LogP contribution >= 0.6 is 15.9 Å². The minimum Gasteiger partial charge on any atom is -0.454 e. The van der Waals surface area contributed by atoms with Crippen molar-refractivity contribution in [3.05, 3.63) is 22.2 Å². The normalized spacial score (nSPS) is 13.1. The van der Waals surface area contributed by atoms with Gasteiger partial charge in [0.1, 0.15) is 5.69 Å². The lowest BCUT2D eigenvalue weighted by Gasteiger charge is -2.07. The fraction of sp³-hybridized carbons (Fsp3) is 0.182. The molecule has 2 heterocycles. The first-order valence-electron chi connectivity index (χ1n) is 4.98. The van der Waals surface area contributed by atoms with E-state index >= 15 is 0 Å². The average molecular weight is 297 g/mol. The molecule has 0 radical (unpaired) electrons. The van der Waals surface area contributed by atoms with E-state index in [1.165, 1.54) is 0 Å². The molecule has 0 spiro atoms. The van der Waals surface area contributed by atoms with Gasteiger partial charge < -0.3 is 19.7 Å². The van der Waals surface area contributed by atoms with Gasteiger partial charge in [-0.1, -0.05) is 5.16 Å². The summed E-state index contributed by atoms with van der Waals surface area (Å²) in [6.07, 6.45) is 0. The predicted octanol–water partition coefficient (Wildman–Crippen LogP) is 2.72. The van der Waals surface area contributed by atoms with E-state index in [1.54, 1.807) is 6.07 Å². The van der Waals surface area contributed by atoms with Crippen molar-refractivity contribution >= 4 is 21.8 Å². The number of ether oxygens (including phenoxy) is 2. The molecule has 2 N–H and O–H groups in total. The molecular formula is C11H9BrN2O3. The van der Waals surface area contributed by atoms with Crippen LogP contribution in [0.5, 0.6) is 11.5 Å². The Morgan fingerprint density at radius 3 is 2.88 bits per heavy atom. The second-order valence-corrected chi connectivity index (χ2v) is 4.50. The third-order valence-electron chi connectivity index (χ3n) is 2.65. The lowest BCUT2D eigenvalue weighted by atomic mass is 10.0. The maximum Gasteiger partial charge on any atom is 0.231 e. The molecule has 5 nitrogen and oxygen atoms in total. The van der Waals surface area contributed by atoms with Crippen LogP contribution in [0.4, 0.5) is 5.88 Å². The van der Waals surface area contributed by atoms with Crippen molar-refractivity contribution < 1.29 is 14.0 Å². The van der Waals surface area contributed by atoms with E-state index in [0.29, 0.717) is 11.4 Å². The molecule has 6 heteroatoms. The van der Waals surface area contributed by atoms with E-state index in [4.69, 9.17) is 19.7 Å². The van der Waals surface area contributed by atoms with Crippen LogP contribution in [0.25, 0.3) is 11.3 Å². The van der Waals surface area contributed by atoms with Gasteiger partial charge in [-0.05, 0) is 34.5 Å². The highest BCUT2D eigenvalue weighted by Crippen LogP contribution is 2.45. The second-order valence-electron chi connectivity index (χ2n) is 3.71. The van der Waals surface area contributed by atoms with Gasteiger partial charge >= 0.3 is 0 Å². The molecule has 17 heavy (non-hydrogen) atoms. The van der Waals surface area contributed by atoms with Crippen LogP contribution in [0.15, 0.2) is 21.1 Å². The maximum atomic E-state index is 5.52. The van der Waals surface area contributed by atoms with Gasteiger partial charge in [0.2, 0.25) is 12.7 Å². The first-order valence-corrected chi connectivity index (χ1v) is 5.77. The fourth-order valence-electron chi connectivity index (χ4n) is 1.78. The number of benzene rings is 1. The summed E-state index contributed by atoms with van der Waals surface area (Å²) in [6, 6.07) is 3.55. The van der Waals surface area contributed by atoms with Crippen LogP contribution in [-0.2, 0) is 0 Å². The first-order chi connectivity index (χ1) is 8.16.